The summed E-state index contributed by atoms with van der Waals surface area (Å²) in [5.74, 6) is 1.41. The second-order valence-corrected chi connectivity index (χ2v) is 4.96. The largest absolute Gasteiger partial charge is 0.493 e. The van der Waals surface area contributed by atoms with Gasteiger partial charge in [0.15, 0.2) is 17.8 Å². The molecular weight excluding hydrogens is 248 g/mol. The summed E-state index contributed by atoms with van der Waals surface area (Å²) >= 11 is 1.47. The van der Waals surface area contributed by atoms with E-state index in [0.29, 0.717) is 11.5 Å². The van der Waals surface area contributed by atoms with E-state index in [2.05, 4.69) is 0 Å². The standard InChI is InChI=1S/C14H14O3S/c1-9-6-12(16-2)13(17-3)7-11(9)14-5-4-10(8-15)18-14/h4-8H,1-3H3. The van der Waals surface area contributed by atoms with Crippen LogP contribution in [0.5, 0.6) is 11.5 Å². The third kappa shape index (κ3) is 2.24. The first kappa shape index (κ1) is 12.6. The van der Waals surface area contributed by atoms with Crippen LogP contribution in [0.1, 0.15) is 15.2 Å². The van der Waals surface area contributed by atoms with Crippen LogP contribution >= 0.6 is 11.3 Å². The van der Waals surface area contributed by atoms with Gasteiger partial charge >= 0.3 is 0 Å². The Kier molecular flexibility index (Phi) is 3.67. The first-order valence-corrected chi connectivity index (χ1v) is 6.29. The normalized spacial score (nSPS) is 10.2. The fraction of sp³-hybridized carbons (Fsp3) is 0.214. The van der Waals surface area contributed by atoms with Crippen molar-refractivity contribution in [2.45, 2.75) is 6.92 Å². The SMILES string of the molecule is COc1cc(C)c(-c2ccc(C=O)s2)cc1OC. The fourth-order valence-corrected chi connectivity index (χ4v) is 2.71. The van der Waals surface area contributed by atoms with Gasteiger partial charge in [0.1, 0.15) is 0 Å². The molecule has 0 fully saturated rings. The van der Waals surface area contributed by atoms with Gasteiger partial charge in [-0.3, -0.25) is 4.79 Å². The number of hydrogen-bond donors (Lipinski definition) is 0. The number of ether oxygens (including phenoxy) is 2. The number of rotatable bonds is 4. The van der Waals surface area contributed by atoms with Crippen LogP contribution in [0.4, 0.5) is 0 Å². The maximum atomic E-state index is 10.7. The molecule has 94 valence electrons. The number of carbonyl (C=O) groups is 1. The molecule has 1 aromatic heterocycles. The van der Waals surface area contributed by atoms with Crippen molar-refractivity contribution in [1.29, 1.82) is 0 Å². The summed E-state index contributed by atoms with van der Waals surface area (Å²) in [4.78, 5) is 12.5. The highest BCUT2D eigenvalue weighted by atomic mass is 32.1. The second kappa shape index (κ2) is 5.23. The predicted molar refractivity (Wildman–Crippen MR) is 73.0 cm³/mol. The fourth-order valence-electron chi connectivity index (χ4n) is 1.81. The van der Waals surface area contributed by atoms with E-state index in [1.54, 1.807) is 14.2 Å². The zero-order valence-electron chi connectivity index (χ0n) is 10.5. The molecule has 0 unspecified atom stereocenters. The minimum absolute atomic E-state index is 0.694. The average molecular weight is 262 g/mol. The quantitative estimate of drug-likeness (QED) is 0.790. The van der Waals surface area contributed by atoms with Crippen LogP contribution in [0.15, 0.2) is 24.3 Å². The summed E-state index contributed by atoms with van der Waals surface area (Å²) < 4.78 is 10.6. The highest BCUT2D eigenvalue weighted by Gasteiger charge is 2.11. The van der Waals surface area contributed by atoms with Crippen molar-refractivity contribution < 1.29 is 14.3 Å². The van der Waals surface area contributed by atoms with E-state index in [1.807, 2.05) is 31.2 Å². The number of hydrogen-bond acceptors (Lipinski definition) is 4. The van der Waals surface area contributed by atoms with Gasteiger partial charge in [-0.15, -0.1) is 11.3 Å². The van der Waals surface area contributed by atoms with Crippen LogP contribution in [-0.4, -0.2) is 20.5 Å². The smallest absolute Gasteiger partial charge is 0.161 e. The van der Waals surface area contributed by atoms with Crippen LogP contribution in [0.25, 0.3) is 10.4 Å². The summed E-state index contributed by atoms with van der Waals surface area (Å²) in [6.07, 6.45) is 0.865. The van der Waals surface area contributed by atoms with Crippen molar-refractivity contribution in [3.05, 3.63) is 34.7 Å². The lowest BCUT2D eigenvalue weighted by Crippen LogP contribution is -1.92. The molecule has 18 heavy (non-hydrogen) atoms. The van der Waals surface area contributed by atoms with E-state index >= 15 is 0 Å². The van der Waals surface area contributed by atoms with E-state index in [1.165, 1.54) is 11.3 Å². The van der Waals surface area contributed by atoms with E-state index in [4.69, 9.17) is 9.47 Å². The van der Waals surface area contributed by atoms with Crippen molar-refractivity contribution in [3.63, 3.8) is 0 Å². The Morgan fingerprint density at radius 1 is 1.11 bits per heavy atom. The van der Waals surface area contributed by atoms with Gasteiger partial charge in [-0.2, -0.15) is 0 Å². The molecule has 0 aliphatic rings. The molecule has 0 aliphatic heterocycles. The lowest BCUT2D eigenvalue weighted by Gasteiger charge is -2.11. The summed E-state index contributed by atoms with van der Waals surface area (Å²) in [7, 11) is 3.23. The summed E-state index contributed by atoms with van der Waals surface area (Å²) in [5.41, 5.74) is 2.15. The Bertz CT molecular complexity index is 572. The number of carbonyl (C=O) groups excluding carboxylic acids is 1. The Hall–Kier alpha value is -1.81. The number of thiophene rings is 1. The van der Waals surface area contributed by atoms with Crippen molar-refractivity contribution in [2.75, 3.05) is 14.2 Å². The number of aryl methyl sites for hydroxylation is 1. The van der Waals surface area contributed by atoms with Crippen molar-refractivity contribution >= 4 is 17.6 Å². The summed E-state index contributed by atoms with van der Waals surface area (Å²) in [5, 5.41) is 0. The molecule has 0 spiro atoms. The van der Waals surface area contributed by atoms with Crippen LogP contribution in [0.3, 0.4) is 0 Å². The third-order valence-electron chi connectivity index (χ3n) is 2.74. The molecule has 0 amide bonds. The monoisotopic (exact) mass is 262 g/mol. The second-order valence-electron chi connectivity index (χ2n) is 3.84. The average Bonchev–Trinajstić information content (AvgIpc) is 2.86. The Morgan fingerprint density at radius 2 is 1.78 bits per heavy atom. The van der Waals surface area contributed by atoms with Crippen molar-refractivity contribution in [1.82, 2.24) is 0 Å². The summed E-state index contributed by atoms with van der Waals surface area (Å²) in [6.45, 7) is 2.01. The van der Waals surface area contributed by atoms with Gasteiger partial charge in [0, 0.05) is 4.88 Å². The van der Waals surface area contributed by atoms with E-state index in [-0.39, 0.29) is 0 Å². The maximum absolute atomic E-state index is 10.7. The number of benzene rings is 1. The molecule has 2 aromatic rings. The zero-order chi connectivity index (χ0) is 13.1. The first-order valence-electron chi connectivity index (χ1n) is 5.47. The highest BCUT2D eigenvalue weighted by molar-refractivity contribution is 7.17. The lowest BCUT2D eigenvalue weighted by molar-refractivity contribution is 0.112. The van der Waals surface area contributed by atoms with Gasteiger partial charge in [0.05, 0.1) is 19.1 Å². The number of methoxy groups -OCH3 is 2. The van der Waals surface area contributed by atoms with E-state index < -0.39 is 0 Å². The van der Waals surface area contributed by atoms with Crippen molar-refractivity contribution in [2.24, 2.45) is 0 Å². The van der Waals surface area contributed by atoms with Crippen molar-refractivity contribution in [3.8, 4) is 21.9 Å². The zero-order valence-corrected chi connectivity index (χ0v) is 11.3. The molecule has 0 saturated heterocycles. The molecule has 0 N–H and O–H groups in total. The molecule has 0 saturated carbocycles. The molecule has 0 radical (unpaired) electrons. The van der Waals surface area contributed by atoms with Crippen LogP contribution < -0.4 is 9.47 Å². The number of aldehydes is 1. The Morgan fingerprint density at radius 3 is 2.33 bits per heavy atom. The topological polar surface area (TPSA) is 35.5 Å². The first-order chi connectivity index (χ1) is 8.69. The molecule has 4 heteroatoms. The van der Waals surface area contributed by atoms with E-state index in [0.717, 1.165) is 27.2 Å². The van der Waals surface area contributed by atoms with Gasteiger partial charge in [0.2, 0.25) is 0 Å². The maximum Gasteiger partial charge on any atom is 0.161 e. The third-order valence-corrected chi connectivity index (χ3v) is 3.78. The van der Waals surface area contributed by atoms with Gasteiger partial charge in [0.25, 0.3) is 0 Å². The molecule has 1 aromatic carbocycles. The molecule has 0 bridgehead atoms. The molecule has 0 atom stereocenters. The minimum Gasteiger partial charge on any atom is -0.493 e. The van der Waals surface area contributed by atoms with E-state index in [9.17, 15) is 4.79 Å². The minimum atomic E-state index is 0.694. The van der Waals surface area contributed by atoms with Gasteiger partial charge in [-0.1, -0.05) is 0 Å². The van der Waals surface area contributed by atoms with Crippen LogP contribution in [0, 0.1) is 6.92 Å². The molecule has 1 heterocycles. The van der Waals surface area contributed by atoms with Crippen LogP contribution in [-0.2, 0) is 0 Å². The molecule has 0 aliphatic carbocycles. The summed E-state index contributed by atoms with van der Waals surface area (Å²) in [6, 6.07) is 7.65. The predicted octanol–water partition coefficient (Wildman–Crippen LogP) is 3.55. The van der Waals surface area contributed by atoms with Gasteiger partial charge < -0.3 is 9.47 Å². The van der Waals surface area contributed by atoms with Gasteiger partial charge in [-0.25, -0.2) is 0 Å². The Labute approximate surface area is 110 Å². The molecule has 2 rings (SSSR count). The van der Waals surface area contributed by atoms with Crippen LogP contribution in [0.2, 0.25) is 0 Å². The van der Waals surface area contributed by atoms with Gasteiger partial charge in [-0.05, 0) is 42.3 Å². The molecule has 3 nitrogen and oxygen atoms in total. The highest BCUT2D eigenvalue weighted by Crippen LogP contribution is 2.37. The lowest BCUT2D eigenvalue weighted by atomic mass is 10.1. The molecular formula is C14H14O3S. The Balaban J connectivity index is 2.53.